The molecule has 1 amide bonds. The van der Waals surface area contributed by atoms with Crippen molar-refractivity contribution < 1.29 is 9.53 Å². The molecule has 0 radical (unpaired) electrons. The van der Waals surface area contributed by atoms with Gasteiger partial charge < -0.3 is 9.64 Å². The Balaban J connectivity index is 2.73. The highest BCUT2D eigenvalue weighted by atomic mass is 16.5. The van der Waals surface area contributed by atoms with Gasteiger partial charge in [0.05, 0.1) is 6.10 Å². The van der Waals surface area contributed by atoms with Gasteiger partial charge in [0.2, 0.25) is 5.91 Å². The van der Waals surface area contributed by atoms with Crippen molar-refractivity contribution in [1.82, 2.24) is 4.90 Å². The Kier molecular flexibility index (Phi) is 6.13. The fraction of sp³-hybridized carbons (Fsp3) is 0.438. The van der Waals surface area contributed by atoms with E-state index in [0.717, 1.165) is 24.4 Å². The molecule has 19 heavy (non-hydrogen) atoms. The first-order valence-corrected chi connectivity index (χ1v) is 6.80. The van der Waals surface area contributed by atoms with E-state index in [1.165, 1.54) is 0 Å². The minimum Gasteiger partial charge on any atom is -0.491 e. The van der Waals surface area contributed by atoms with Gasteiger partial charge in [-0.1, -0.05) is 12.1 Å². The van der Waals surface area contributed by atoms with Crippen LogP contribution in [0.1, 0.15) is 33.3 Å². The van der Waals surface area contributed by atoms with Gasteiger partial charge in [-0.15, -0.1) is 0 Å². The lowest BCUT2D eigenvalue weighted by molar-refractivity contribution is -0.125. The quantitative estimate of drug-likeness (QED) is 0.735. The number of benzene rings is 1. The van der Waals surface area contributed by atoms with Gasteiger partial charge in [0.15, 0.2) is 0 Å². The van der Waals surface area contributed by atoms with Crippen LogP contribution in [0.2, 0.25) is 0 Å². The molecule has 0 atom stereocenters. The van der Waals surface area contributed by atoms with Crippen LogP contribution in [0.4, 0.5) is 0 Å². The highest BCUT2D eigenvalue weighted by Crippen LogP contribution is 2.16. The number of amides is 1. The zero-order valence-electron chi connectivity index (χ0n) is 12.2. The molecule has 0 aliphatic rings. The second-order valence-electron chi connectivity index (χ2n) is 4.58. The van der Waals surface area contributed by atoms with Gasteiger partial charge in [0, 0.05) is 19.2 Å². The Bertz CT molecular complexity index is 434. The molecule has 1 aromatic carbocycles. The van der Waals surface area contributed by atoms with E-state index in [1.807, 2.05) is 58.0 Å². The van der Waals surface area contributed by atoms with Crippen molar-refractivity contribution in [1.29, 1.82) is 0 Å². The van der Waals surface area contributed by atoms with Gasteiger partial charge in [-0.2, -0.15) is 0 Å². The molecule has 104 valence electrons. The lowest BCUT2D eigenvalue weighted by Gasteiger charge is -2.15. The molecule has 3 nitrogen and oxygen atoms in total. The number of ether oxygens (including phenoxy) is 1. The number of nitrogens with zero attached hydrogens (tertiary/aromatic N) is 1. The molecule has 0 unspecified atom stereocenters. The Hall–Kier alpha value is -1.77. The van der Waals surface area contributed by atoms with Gasteiger partial charge in [-0.05, 0) is 51.5 Å². The summed E-state index contributed by atoms with van der Waals surface area (Å²) in [5, 5.41) is 0. The smallest absolute Gasteiger partial charge is 0.246 e. The lowest BCUT2D eigenvalue weighted by Crippen LogP contribution is -2.28. The summed E-state index contributed by atoms with van der Waals surface area (Å²) in [5.41, 5.74) is 0.971. The third-order valence-corrected chi connectivity index (χ3v) is 2.72. The van der Waals surface area contributed by atoms with Crippen molar-refractivity contribution >= 4 is 12.0 Å². The van der Waals surface area contributed by atoms with Crippen molar-refractivity contribution in [2.45, 2.75) is 33.8 Å². The summed E-state index contributed by atoms with van der Waals surface area (Å²) < 4.78 is 5.62. The summed E-state index contributed by atoms with van der Waals surface area (Å²) >= 11 is 0. The highest BCUT2D eigenvalue weighted by molar-refractivity contribution is 5.91. The number of rotatable bonds is 6. The van der Waals surface area contributed by atoms with Gasteiger partial charge in [-0.3, -0.25) is 4.79 Å². The lowest BCUT2D eigenvalue weighted by atomic mass is 10.2. The maximum Gasteiger partial charge on any atom is 0.246 e. The molecule has 0 saturated heterocycles. The fourth-order valence-corrected chi connectivity index (χ4v) is 1.77. The van der Waals surface area contributed by atoms with Crippen molar-refractivity contribution in [2.75, 3.05) is 13.1 Å². The van der Waals surface area contributed by atoms with Gasteiger partial charge in [-0.25, -0.2) is 0 Å². The second kappa shape index (κ2) is 7.62. The number of carbonyl (C=O) groups is 1. The predicted octanol–water partition coefficient (Wildman–Crippen LogP) is 3.36. The molecule has 0 saturated carbocycles. The van der Waals surface area contributed by atoms with Crippen molar-refractivity contribution in [3.63, 3.8) is 0 Å². The Morgan fingerprint density at radius 3 is 2.58 bits per heavy atom. The van der Waals surface area contributed by atoms with Crippen molar-refractivity contribution in [3.05, 3.63) is 35.9 Å². The molecular formula is C16H23NO2. The molecule has 0 aromatic heterocycles. The molecule has 0 spiro atoms. The number of carbonyl (C=O) groups excluding carboxylic acids is 1. The first kappa shape index (κ1) is 15.3. The van der Waals surface area contributed by atoms with Crippen LogP contribution in [0.5, 0.6) is 5.75 Å². The molecule has 0 aliphatic heterocycles. The minimum atomic E-state index is 0.0418. The summed E-state index contributed by atoms with van der Waals surface area (Å²) in [6.07, 6.45) is 3.59. The van der Waals surface area contributed by atoms with E-state index in [1.54, 1.807) is 11.0 Å². The highest BCUT2D eigenvalue weighted by Gasteiger charge is 2.04. The number of likely N-dealkylation sites (N-methyl/N-ethyl adjacent to an activating group) is 1. The summed E-state index contributed by atoms with van der Waals surface area (Å²) in [4.78, 5) is 13.6. The van der Waals surface area contributed by atoms with Gasteiger partial charge in [0.1, 0.15) is 5.75 Å². The SMILES string of the molecule is CCN(CC)C(=O)/C=C/c1cccc(OC(C)C)c1. The standard InChI is InChI=1S/C16H23NO2/c1-5-17(6-2)16(18)11-10-14-8-7-9-15(12-14)19-13(3)4/h7-13H,5-6H2,1-4H3/b11-10+. The monoisotopic (exact) mass is 261 g/mol. The summed E-state index contributed by atoms with van der Waals surface area (Å²) in [5.74, 6) is 0.868. The maximum atomic E-state index is 11.8. The van der Waals surface area contributed by atoms with Crippen LogP contribution in [0.3, 0.4) is 0 Å². The van der Waals surface area contributed by atoms with Crippen LogP contribution in [0.25, 0.3) is 6.08 Å². The third kappa shape index (κ3) is 5.16. The molecule has 0 bridgehead atoms. The topological polar surface area (TPSA) is 29.5 Å². The molecule has 0 N–H and O–H groups in total. The third-order valence-electron chi connectivity index (χ3n) is 2.72. The molecule has 1 rings (SSSR count). The van der Waals surface area contributed by atoms with E-state index < -0.39 is 0 Å². The number of hydrogen-bond donors (Lipinski definition) is 0. The predicted molar refractivity (Wildman–Crippen MR) is 79.2 cm³/mol. The van der Waals surface area contributed by atoms with Crippen molar-refractivity contribution in [3.8, 4) is 5.75 Å². The minimum absolute atomic E-state index is 0.0418. The molecule has 1 aromatic rings. The largest absolute Gasteiger partial charge is 0.491 e. The maximum absolute atomic E-state index is 11.8. The van der Waals surface area contributed by atoms with Crippen LogP contribution in [0, 0.1) is 0 Å². The summed E-state index contributed by atoms with van der Waals surface area (Å²) in [6.45, 7) is 9.41. The molecular weight excluding hydrogens is 238 g/mol. The van der Waals surface area contributed by atoms with E-state index in [2.05, 4.69) is 0 Å². The van der Waals surface area contributed by atoms with Crippen LogP contribution in [-0.2, 0) is 4.79 Å². The molecule has 3 heteroatoms. The molecule has 0 aliphatic carbocycles. The summed E-state index contributed by atoms with van der Waals surface area (Å²) in [6, 6.07) is 7.74. The van der Waals surface area contributed by atoms with Gasteiger partial charge >= 0.3 is 0 Å². The Morgan fingerprint density at radius 2 is 2.00 bits per heavy atom. The van der Waals surface area contributed by atoms with E-state index >= 15 is 0 Å². The van der Waals surface area contributed by atoms with E-state index in [4.69, 9.17) is 4.74 Å². The van der Waals surface area contributed by atoms with Crippen molar-refractivity contribution in [2.24, 2.45) is 0 Å². The van der Waals surface area contributed by atoms with Crippen LogP contribution in [0.15, 0.2) is 30.3 Å². The van der Waals surface area contributed by atoms with E-state index in [0.29, 0.717) is 0 Å². The van der Waals surface area contributed by atoms with E-state index in [-0.39, 0.29) is 12.0 Å². The molecule has 0 heterocycles. The van der Waals surface area contributed by atoms with E-state index in [9.17, 15) is 4.79 Å². The zero-order valence-corrected chi connectivity index (χ0v) is 12.2. The average Bonchev–Trinajstić information content (AvgIpc) is 2.37. The van der Waals surface area contributed by atoms with Crippen LogP contribution >= 0.6 is 0 Å². The number of hydrogen-bond acceptors (Lipinski definition) is 2. The van der Waals surface area contributed by atoms with Gasteiger partial charge in [0.25, 0.3) is 0 Å². The first-order valence-electron chi connectivity index (χ1n) is 6.80. The second-order valence-corrected chi connectivity index (χ2v) is 4.58. The molecule has 0 fully saturated rings. The average molecular weight is 261 g/mol. The Labute approximate surface area is 115 Å². The zero-order chi connectivity index (χ0) is 14.3. The fourth-order valence-electron chi connectivity index (χ4n) is 1.77. The summed E-state index contributed by atoms with van der Waals surface area (Å²) in [7, 11) is 0. The van der Waals surface area contributed by atoms with Crippen LogP contribution < -0.4 is 4.74 Å². The van der Waals surface area contributed by atoms with Crippen LogP contribution in [-0.4, -0.2) is 30.0 Å². The first-order chi connectivity index (χ1) is 9.06. The normalized spacial score (nSPS) is 11.0. The Morgan fingerprint density at radius 1 is 1.32 bits per heavy atom.